The Morgan fingerprint density at radius 1 is 1.38 bits per heavy atom. The minimum absolute atomic E-state index is 0.0632. The fourth-order valence-electron chi connectivity index (χ4n) is 1.41. The molecule has 0 atom stereocenters. The third-order valence-corrected chi connectivity index (χ3v) is 2.19. The van der Waals surface area contributed by atoms with Crippen LogP contribution in [0.3, 0.4) is 0 Å². The molecule has 0 fully saturated rings. The van der Waals surface area contributed by atoms with Crippen LogP contribution in [-0.2, 0) is 11.8 Å². The van der Waals surface area contributed by atoms with E-state index in [9.17, 15) is 9.59 Å². The number of hydrogen-bond donors (Lipinski definition) is 3. The average Bonchev–Trinajstić information content (AvgIpc) is 2.82. The van der Waals surface area contributed by atoms with E-state index in [0.717, 1.165) is 0 Å². The highest BCUT2D eigenvalue weighted by molar-refractivity contribution is 5.98. The maximum Gasteiger partial charge on any atom is 0.341 e. The molecule has 10 heteroatoms. The molecule has 10 nitrogen and oxygen atoms in total. The first kappa shape index (κ1) is 14.2. The van der Waals surface area contributed by atoms with Crippen molar-refractivity contribution in [3.63, 3.8) is 0 Å². The average molecular weight is 292 g/mol. The lowest BCUT2D eigenvalue weighted by atomic mass is 10.3. The van der Waals surface area contributed by atoms with Crippen LogP contribution < -0.4 is 15.4 Å². The van der Waals surface area contributed by atoms with Crippen molar-refractivity contribution in [3.05, 3.63) is 24.3 Å². The highest BCUT2D eigenvalue weighted by atomic mass is 16.5. The smallest absolute Gasteiger partial charge is 0.341 e. The van der Waals surface area contributed by atoms with Crippen molar-refractivity contribution in [1.82, 2.24) is 20.2 Å². The molecule has 2 rings (SSSR count). The van der Waals surface area contributed by atoms with Crippen molar-refractivity contribution in [2.45, 2.75) is 0 Å². The Bertz CT molecular complexity index is 656. The number of aliphatic carboxylic acids is 1. The van der Waals surface area contributed by atoms with Crippen LogP contribution in [0.1, 0.15) is 0 Å². The molecule has 110 valence electrons. The zero-order valence-electron chi connectivity index (χ0n) is 11.0. The predicted octanol–water partition coefficient (Wildman–Crippen LogP) is 0.317. The van der Waals surface area contributed by atoms with Crippen LogP contribution in [0.5, 0.6) is 5.75 Å². The molecule has 0 spiro atoms. The van der Waals surface area contributed by atoms with Crippen molar-refractivity contribution in [1.29, 1.82) is 0 Å². The Hall–Kier alpha value is -3.17. The summed E-state index contributed by atoms with van der Waals surface area (Å²) >= 11 is 0. The molecule has 2 amide bonds. The van der Waals surface area contributed by atoms with E-state index in [1.165, 1.54) is 10.9 Å². The van der Waals surface area contributed by atoms with E-state index in [0.29, 0.717) is 11.4 Å². The number of carbonyl (C=O) groups excluding carboxylic acids is 1. The van der Waals surface area contributed by atoms with Crippen molar-refractivity contribution in [3.8, 4) is 5.75 Å². The Balaban J connectivity index is 1.94. The van der Waals surface area contributed by atoms with Crippen molar-refractivity contribution >= 4 is 23.6 Å². The van der Waals surface area contributed by atoms with E-state index >= 15 is 0 Å². The quantitative estimate of drug-likeness (QED) is 0.723. The number of hydrogen-bond acceptors (Lipinski definition) is 6. The van der Waals surface area contributed by atoms with E-state index in [1.807, 2.05) is 0 Å². The van der Waals surface area contributed by atoms with E-state index in [2.05, 4.69) is 26.0 Å². The highest BCUT2D eigenvalue weighted by Gasteiger charge is 2.07. The number of urea groups is 1. The minimum Gasteiger partial charge on any atom is -0.482 e. The molecule has 0 radical (unpaired) electrons. The van der Waals surface area contributed by atoms with Crippen LogP contribution in [-0.4, -0.2) is 43.9 Å². The summed E-state index contributed by atoms with van der Waals surface area (Å²) in [6, 6.07) is 5.76. The lowest BCUT2D eigenvalue weighted by Gasteiger charge is -2.07. The van der Waals surface area contributed by atoms with Crippen LogP contribution >= 0.6 is 0 Å². The second-order valence-electron chi connectivity index (χ2n) is 3.89. The summed E-state index contributed by atoms with van der Waals surface area (Å²) in [7, 11) is 1.57. The Labute approximate surface area is 118 Å². The maximum absolute atomic E-state index is 11.7. The Morgan fingerprint density at radius 3 is 2.86 bits per heavy atom. The number of rotatable bonds is 5. The maximum atomic E-state index is 11.7. The van der Waals surface area contributed by atoms with Crippen molar-refractivity contribution < 1.29 is 19.4 Å². The van der Waals surface area contributed by atoms with Crippen LogP contribution in [0.2, 0.25) is 0 Å². The van der Waals surface area contributed by atoms with Gasteiger partial charge in [-0.25, -0.2) is 9.59 Å². The third-order valence-electron chi connectivity index (χ3n) is 2.19. The van der Waals surface area contributed by atoms with Gasteiger partial charge in [-0.2, -0.15) is 4.80 Å². The van der Waals surface area contributed by atoms with Gasteiger partial charge in [0, 0.05) is 11.8 Å². The summed E-state index contributed by atoms with van der Waals surface area (Å²) in [6.07, 6.45) is 0. The fraction of sp³-hybridized carbons (Fsp3) is 0.182. The number of nitrogens with zero attached hydrogens (tertiary/aromatic N) is 4. The number of carboxylic acid groups (broad SMARTS) is 1. The molecule has 0 saturated heterocycles. The summed E-state index contributed by atoms with van der Waals surface area (Å²) in [5, 5.41) is 24.4. The number of anilines is 2. The van der Waals surface area contributed by atoms with Gasteiger partial charge in [-0.3, -0.25) is 5.32 Å². The van der Waals surface area contributed by atoms with Gasteiger partial charge < -0.3 is 15.2 Å². The number of carboxylic acids is 1. The molecule has 3 N–H and O–H groups in total. The van der Waals surface area contributed by atoms with Crippen LogP contribution in [0.15, 0.2) is 24.3 Å². The SMILES string of the molecule is Cn1nnc(NC(=O)Nc2cccc(OCC(=O)O)c2)n1. The van der Waals surface area contributed by atoms with Crippen LogP contribution in [0.4, 0.5) is 16.4 Å². The topological polar surface area (TPSA) is 131 Å². The zero-order valence-corrected chi connectivity index (χ0v) is 11.0. The normalized spacial score (nSPS) is 9.95. The van der Waals surface area contributed by atoms with E-state index in [-0.39, 0.29) is 5.95 Å². The molecule has 0 aliphatic carbocycles. The lowest BCUT2D eigenvalue weighted by molar-refractivity contribution is -0.139. The second kappa shape index (κ2) is 6.32. The molecular weight excluding hydrogens is 280 g/mol. The highest BCUT2D eigenvalue weighted by Crippen LogP contribution is 2.17. The molecule has 1 aromatic heterocycles. The molecule has 0 bridgehead atoms. The molecule has 1 aromatic carbocycles. The molecular formula is C11H12N6O4. The number of ether oxygens (including phenoxy) is 1. The number of carbonyl (C=O) groups is 2. The third kappa shape index (κ3) is 4.45. The summed E-state index contributed by atoms with van der Waals surface area (Å²) in [6.45, 7) is -0.459. The first-order valence-electron chi connectivity index (χ1n) is 5.79. The monoisotopic (exact) mass is 292 g/mol. The fourth-order valence-corrected chi connectivity index (χ4v) is 1.41. The van der Waals surface area contributed by atoms with Gasteiger partial charge in [0.1, 0.15) is 5.75 Å². The van der Waals surface area contributed by atoms with Crippen LogP contribution in [0.25, 0.3) is 0 Å². The van der Waals surface area contributed by atoms with Crippen molar-refractivity contribution in [2.24, 2.45) is 7.05 Å². The molecule has 1 heterocycles. The molecule has 21 heavy (non-hydrogen) atoms. The zero-order chi connectivity index (χ0) is 15.2. The number of benzene rings is 1. The van der Waals surface area contributed by atoms with Crippen LogP contribution in [0, 0.1) is 0 Å². The minimum atomic E-state index is -1.08. The second-order valence-corrected chi connectivity index (χ2v) is 3.89. The number of amides is 2. The molecule has 0 aliphatic rings. The molecule has 2 aromatic rings. The van der Waals surface area contributed by atoms with E-state index < -0.39 is 18.6 Å². The summed E-state index contributed by atoms with van der Waals surface area (Å²) in [5.74, 6) is -0.694. The number of aryl methyl sites for hydroxylation is 1. The van der Waals surface area contributed by atoms with Gasteiger partial charge in [-0.1, -0.05) is 11.2 Å². The van der Waals surface area contributed by atoms with Gasteiger partial charge >= 0.3 is 12.0 Å². The Kier molecular flexibility index (Phi) is 4.29. The summed E-state index contributed by atoms with van der Waals surface area (Å²) in [4.78, 5) is 23.3. The molecule has 0 unspecified atom stereocenters. The van der Waals surface area contributed by atoms with Gasteiger partial charge in [0.15, 0.2) is 6.61 Å². The summed E-state index contributed by atoms with van der Waals surface area (Å²) in [5.41, 5.74) is 0.430. The molecule has 0 saturated carbocycles. The van der Waals surface area contributed by atoms with Gasteiger partial charge in [0.05, 0.1) is 7.05 Å². The van der Waals surface area contributed by atoms with Gasteiger partial charge in [-0.05, 0) is 17.3 Å². The lowest BCUT2D eigenvalue weighted by Crippen LogP contribution is -2.20. The largest absolute Gasteiger partial charge is 0.482 e. The van der Waals surface area contributed by atoms with E-state index in [1.54, 1.807) is 25.2 Å². The first-order chi connectivity index (χ1) is 10.0. The number of nitrogens with one attached hydrogen (secondary N) is 2. The number of tetrazole rings is 1. The standard InChI is InChI=1S/C11H12N6O4/c1-17-15-10(14-16-17)13-11(20)12-7-3-2-4-8(5-7)21-6-9(18)19/h2-5H,6H2,1H3,(H,18,19)(H2,12,13,15,20). The molecule has 0 aliphatic heterocycles. The van der Waals surface area contributed by atoms with Gasteiger partial charge in [0.25, 0.3) is 5.95 Å². The first-order valence-corrected chi connectivity index (χ1v) is 5.79. The number of aromatic nitrogens is 4. The van der Waals surface area contributed by atoms with Gasteiger partial charge in [-0.15, -0.1) is 5.10 Å². The van der Waals surface area contributed by atoms with E-state index in [4.69, 9.17) is 9.84 Å². The van der Waals surface area contributed by atoms with Gasteiger partial charge in [0.2, 0.25) is 0 Å². The summed E-state index contributed by atoms with van der Waals surface area (Å²) < 4.78 is 5.00. The Morgan fingerprint density at radius 2 is 2.19 bits per heavy atom. The van der Waals surface area contributed by atoms with Crippen molar-refractivity contribution in [2.75, 3.05) is 17.2 Å². The predicted molar refractivity (Wildman–Crippen MR) is 71.0 cm³/mol.